The number of alkyl halides is 3. The van der Waals surface area contributed by atoms with Crippen LogP contribution >= 0.6 is 11.6 Å². The standard InChI is InChI=1S/C16H11ClF4O4S/c1-25-14-7-11(16(19,20)21)10(6-13(14)18)15(22)9-4-3-8(5-12(9)17)26(2,23)24/h3-7H,1-2H3. The molecule has 0 saturated carbocycles. The zero-order valence-corrected chi connectivity index (χ0v) is 14.9. The molecule has 0 unspecified atom stereocenters. The van der Waals surface area contributed by atoms with Gasteiger partial charge in [0.1, 0.15) is 0 Å². The minimum absolute atomic E-state index is 0.212. The van der Waals surface area contributed by atoms with Gasteiger partial charge in [-0.2, -0.15) is 13.2 Å². The molecule has 0 bridgehead atoms. The molecule has 0 aromatic heterocycles. The van der Waals surface area contributed by atoms with Gasteiger partial charge < -0.3 is 4.74 Å². The molecule has 26 heavy (non-hydrogen) atoms. The van der Waals surface area contributed by atoms with E-state index in [-0.39, 0.29) is 9.92 Å². The third-order valence-corrected chi connectivity index (χ3v) is 4.88. The Bertz CT molecular complexity index is 984. The number of hydrogen-bond donors (Lipinski definition) is 0. The van der Waals surface area contributed by atoms with Gasteiger partial charge in [-0.1, -0.05) is 11.6 Å². The van der Waals surface area contributed by atoms with E-state index in [1.165, 1.54) is 0 Å². The van der Waals surface area contributed by atoms with E-state index in [0.717, 1.165) is 31.6 Å². The summed E-state index contributed by atoms with van der Waals surface area (Å²) in [6.45, 7) is 0. The molecular weight excluding hydrogens is 400 g/mol. The molecule has 0 saturated heterocycles. The summed E-state index contributed by atoms with van der Waals surface area (Å²) >= 11 is 5.86. The van der Waals surface area contributed by atoms with Gasteiger partial charge in [-0.3, -0.25) is 4.79 Å². The number of carbonyl (C=O) groups is 1. The number of ether oxygens (including phenoxy) is 1. The number of methoxy groups -OCH3 is 1. The summed E-state index contributed by atoms with van der Waals surface area (Å²) in [5.74, 6) is -3.04. The molecule has 0 amide bonds. The highest BCUT2D eigenvalue weighted by molar-refractivity contribution is 7.90. The summed E-state index contributed by atoms with van der Waals surface area (Å²) in [7, 11) is -2.64. The second-order valence-corrected chi connectivity index (χ2v) is 7.70. The highest BCUT2D eigenvalue weighted by Crippen LogP contribution is 2.37. The number of benzene rings is 2. The van der Waals surface area contributed by atoms with Crippen LogP contribution in [0.4, 0.5) is 17.6 Å². The SMILES string of the molecule is COc1cc(C(F)(F)F)c(C(=O)c2ccc(S(C)(=O)=O)cc2Cl)cc1F. The predicted molar refractivity (Wildman–Crippen MR) is 85.9 cm³/mol. The van der Waals surface area contributed by atoms with Gasteiger partial charge in [0.25, 0.3) is 0 Å². The van der Waals surface area contributed by atoms with Crippen LogP contribution in [0, 0.1) is 5.82 Å². The Morgan fingerprint density at radius 2 is 1.73 bits per heavy atom. The molecule has 2 aromatic carbocycles. The molecule has 0 aliphatic carbocycles. The molecule has 10 heteroatoms. The van der Waals surface area contributed by atoms with Crippen molar-refractivity contribution in [3.8, 4) is 5.75 Å². The summed E-state index contributed by atoms with van der Waals surface area (Å²) in [6, 6.07) is 3.73. The van der Waals surface area contributed by atoms with Crippen molar-refractivity contribution in [3.05, 3.63) is 57.9 Å². The second-order valence-electron chi connectivity index (χ2n) is 5.27. The van der Waals surface area contributed by atoms with Crippen LogP contribution in [0.15, 0.2) is 35.2 Å². The van der Waals surface area contributed by atoms with Gasteiger partial charge in [-0.05, 0) is 30.3 Å². The Labute approximate surface area is 151 Å². The van der Waals surface area contributed by atoms with Crippen molar-refractivity contribution in [2.24, 2.45) is 0 Å². The zero-order chi connectivity index (χ0) is 19.9. The maximum absolute atomic E-state index is 13.9. The average Bonchev–Trinajstić information content (AvgIpc) is 2.51. The lowest BCUT2D eigenvalue weighted by atomic mass is 9.97. The minimum Gasteiger partial charge on any atom is -0.494 e. The smallest absolute Gasteiger partial charge is 0.417 e. The fraction of sp³-hybridized carbons (Fsp3) is 0.188. The van der Waals surface area contributed by atoms with Crippen molar-refractivity contribution < 1.29 is 35.5 Å². The van der Waals surface area contributed by atoms with E-state index < -0.39 is 50.1 Å². The lowest BCUT2D eigenvalue weighted by Crippen LogP contribution is -2.15. The molecule has 0 aliphatic rings. The summed E-state index contributed by atoms with van der Waals surface area (Å²) in [6.07, 6.45) is -4.05. The third kappa shape index (κ3) is 3.99. The zero-order valence-electron chi connectivity index (χ0n) is 13.3. The van der Waals surface area contributed by atoms with Gasteiger partial charge in [0.15, 0.2) is 27.2 Å². The molecule has 0 spiro atoms. The van der Waals surface area contributed by atoms with Crippen molar-refractivity contribution >= 4 is 27.2 Å². The van der Waals surface area contributed by atoms with E-state index in [1.54, 1.807) is 0 Å². The Morgan fingerprint density at radius 1 is 1.12 bits per heavy atom. The van der Waals surface area contributed by atoms with Crippen LogP contribution < -0.4 is 4.74 Å². The number of halogens is 5. The van der Waals surface area contributed by atoms with E-state index in [0.29, 0.717) is 12.1 Å². The van der Waals surface area contributed by atoms with Gasteiger partial charge in [-0.25, -0.2) is 12.8 Å². The topological polar surface area (TPSA) is 60.4 Å². The van der Waals surface area contributed by atoms with Crippen LogP contribution in [-0.2, 0) is 16.0 Å². The number of ketones is 1. The van der Waals surface area contributed by atoms with Crippen LogP contribution in [0.3, 0.4) is 0 Å². The molecule has 2 rings (SSSR count). The second kappa shape index (κ2) is 6.88. The van der Waals surface area contributed by atoms with Gasteiger partial charge >= 0.3 is 6.18 Å². The van der Waals surface area contributed by atoms with Crippen molar-refractivity contribution in [1.82, 2.24) is 0 Å². The summed E-state index contributed by atoms with van der Waals surface area (Å²) in [5.41, 5.74) is -2.76. The van der Waals surface area contributed by atoms with Crippen molar-refractivity contribution in [2.45, 2.75) is 11.1 Å². The lowest BCUT2D eigenvalue weighted by molar-refractivity contribution is -0.138. The fourth-order valence-corrected chi connectivity index (χ4v) is 3.17. The largest absolute Gasteiger partial charge is 0.494 e. The Morgan fingerprint density at radius 3 is 2.19 bits per heavy atom. The third-order valence-electron chi connectivity index (χ3n) is 3.46. The summed E-state index contributed by atoms with van der Waals surface area (Å²) in [4.78, 5) is 12.3. The van der Waals surface area contributed by atoms with Crippen LogP contribution in [0.2, 0.25) is 5.02 Å². The first-order chi connectivity index (χ1) is 11.9. The van der Waals surface area contributed by atoms with E-state index in [4.69, 9.17) is 11.6 Å². The van der Waals surface area contributed by atoms with Crippen molar-refractivity contribution in [1.29, 1.82) is 0 Å². The van der Waals surface area contributed by atoms with E-state index in [9.17, 15) is 30.8 Å². The maximum Gasteiger partial charge on any atom is 0.417 e. The first-order valence-electron chi connectivity index (χ1n) is 6.85. The average molecular weight is 411 g/mol. The normalized spacial score (nSPS) is 12.1. The van der Waals surface area contributed by atoms with Crippen LogP contribution in [-0.4, -0.2) is 27.6 Å². The highest BCUT2D eigenvalue weighted by atomic mass is 35.5. The Hall–Kier alpha value is -2.13. The Balaban J connectivity index is 2.65. The molecule has 0 aliphatic heterocycles. The van der Waals surface area contributed by atoms with Gasteiger partial charge in [-0.15, -0.1) is 0 Å². The first kappa shape index (κ1) is 20.2. The Kier molecular flexibility index (Phi) is 5.34. The number of hydrogen-bond acceptors (Lipinski definition) is 4. The molecule has 2 aromatic rings. The number of sulfone groups is 1. The minimum atomic E-state index is -4.95. The van der Waals surface area contributed by atoms with Crippen molar-refractivity contribution in [3.63, 3.8) is 0 Å². The molecule has 0 fully saturated rings. The van der Waals surface area contributed by atoms with Crippen molar-refractivity contribution in [2.75, 3.05) is 13.4 Å². The molecule has 4 nitrogen and oxygen atoms in total. The van der Waals surface area contributed by atoms with Gasteiger partial charge in [0.05, 0.1) is 22.6 Å². The van der Waals surface area contributed by atoms with Crippen LogP contribution in [0.5, 0.6) is 5.75 Å². The first-order valence-corrected chi connectivity index (χ1v) is 9.12. The molecule has 0 radical (unpaired) electrons. The van der Waals surface area contributed by atoms with Crippen LogP contribution in [0.25, 0.3) is 0 Å². The highest BCUT2D eigenvalue weighted by Gasteiger charge is 2.37. The van der Waals surface area contributed by atoms with Crippen LogP contribution in [0.1, 0.15) is 21.5 Å². The summed E-state index contributed by atoms with van der Waals surface area (Å²) < 4.78 is 81.1. The molecule has 0 heterocycles. The molecular formula is C16H11ClF4O4S. The fourth-order valence-electron chi connectivity index (χ4n) is 2.19. The maximum atomic E-state index is 13.9. The van der Waals surface area contributed by atoms with Gasteiger partial charge in [0.2, 0.25) is 0 Å². The predicted octanol–water partition coefficient (Wildman–Crippen LogP) is 4.14. The monoisotopic (exact) mass is 410 g/mol. The quantitative estimate of drug-likeness (QED) is 0.561. The summed E-state index contributed by atoms with van der Waals surface area (Å²) in [5, 5.41) is -0.373. The molecule has 0 atom stereocenters. The van der Waals surface area contributed by atoms with Gasteiger partial charge in [0, 0.05) is 17.4 Å². The van der Waals surface area contributed by atoms with E-state index in [2.05, 4.69) is 4.74 Å². The molecule has 140 valence electrons. The molecule has 0 N–H and O–H groups in total. The van der Waals surface area contributed by atoms with E-state index in [1.807, 2.05) is 0 Å². The lowest BCUT2D eigenvalue weighted by Gasteiger charge is -2.15. The van der Waals surface area contributed by atoms with E-state index >= 15 is 0 Å². The number of rotatable bonds is 4. The number of carbonyl (C=O) groups excluding carboxylic acids is 1.